The number of hydrogen-bond donors (Lipinski definition) is 1. The molecule has 4 aliphatic rings. The highest BCUT2D eigenvalue weighted by atomic mass is 35.5. The van der Waals surface area contributed by atoms with Gasteiger partial charge in [-0.2, -0.15) is 0 Å². The maximum atomic E-state index is 13.8. The van der Waals surface area contributed by atoms with Crippen LogP contribution >= 0.6 is 11.6 Å². The van der Waals surface area contributed by atoms with Crippen molar-refractivity contribution in [2.75, 3.05) is 54.5 Å². The van der Waals surface area contributed by atoms with Gasteiger partial charge in [-0.3, -0.25) is 14.5 Å². The minimum absolute atomic E-state index is 0.00915. The number of ether oxygens (including phenoxy) is 1. The van der Waals surface area contributed by atoms with Crippen LogP contribution in [0, 0.1) is 5.92 Å². The van der Waals surface area contributed by atoms with Crippen molar-refractivity contribution in [3.8, 4) is 0 Å². The Labute approximate surface area is 239 Å². The summed E-state index contributed by atoms with van der Waals surface area (Å²) in [5.41, 5.74) is 5.82. The fraction of sp³-hybridized carbons (Fsp3) is 0.375. The largest absolute Gasteiger partial charge is 0.381 e. The van der Waals surface area contributed by atoms with Gasteiger partial charge in [-0.1, -0.05) is 48.0 Å². The number of nitrogens with one attached hydrogen (secondary N) is 1. The maximum Gasteiger partial charge on any atom is 0.258 e. The molecule has 2 atom stereocenters. The number of halogens is 1. The van der Waals surface area contributed by atoms with Crippen LogP contribution in [0.3, 0.4) is 0 Å². The quantitative estimate of drug-likeness (QED) is 0.459. The molecule has 7 rings (SSSR count). The van der Waals surface area contributed by atoms with Crippen LogP contribution < -0.4 is 15.1 Å². The van der Waals surface area contributed by atoms with Crippen LogP contribution in [-0.4, -0.2) is 62.1 Å². The Morgan fingerprint density at radius 2 is 1.62 bits per heavy atom. The van der Waals surface area contributed by atoms with Crippen molar-refractivity contribution in [2.45, 2.75) is 31.3 Å². The van der Waals surface area contributed by atoms with Gasteiger partial charge in [0.2, 0.25) is 5.91 Å². The number of para-hydroxylation sites is 1. The molecular weight excluding hydrogens is 524 g/mol. The van der Waals surface area contributed by atoms with Gasteiger partial charge in [0.05, 0.1) is 29.3 Å². The molecule has 8 heteroatoms. The van der Waals surface area contributed by atoms with Crippen molar-refractivity contribution >= 4 is 40.5 Å². The highest BCUT2D eigenvalue weighted by Crippen LogP contribution is 2.45. The Kier molecular flexibility index (Phi) is 6.74. The normalized spacial score (nSPS) is 23.0. The number of piperazine rings is 1. The van der Waals surface area contributed by atoms with Gasteiger partial charge in [0.15, 0.2) is 0 Å². The zero-order valence-corrected chi connectivity index (χ0v) is 23.1. The average Bonchev–Trinajstić information content (AvgIpc) is 3.67. The van der Waals surface area contributed by atoms with E-state index in [1.807, 2.05) is 47.4 Å². The predicted octanol–water partition coefficient (Wildman–Crippen LogP) is 5.35. The fourth-order valence-electron chi connectivity index (χ4n) is 6.41. The Bertz CT molecular complexity index is 1440. The molecule has 1 aliphatic carbocycles. The summed E-state index contributed by atoms with van der Waals surface area (Å²) in [7, 11) is 0. The first-order chi connectivity index (χ1) is 19.6. The molecule has 3 aliphatic heterocycles. The van der Waals surface area contributed by atoms with Crippen LogP contribution in [0.15, 0.2) is 66.7 Å². The second-order valence-corrected chi connectivity index (χ2v) is 11.6. The smallest absolute Gasteiger partial charge is 0.258 e. The van der Waals surface area contributed by atoms with E-state index < -0.39 is 0 Å². The third kappa shape index (κ3) is 4.66. The van der Waals surface area contributed by atoms with E-state index in [1.165, 1.54) is 5.56 Å². The van der Waals surface area contributed by atoms with Crippen molar-refractivity contribution < 1.29 is 14.3 Å². The summed E-state index contributed by atoms with van der Waals surface area (Å²) in [5, 5.41) is 3.62. The molecule has 40 heavy (non-hydrogen) atoms. The Morgan fingerprint density at radius 3 is 2.35 bits per heavy atom. The minimum atomic E-state index is -0.0996. The van der Waals surface area contributed by atoms with E-state index in [-0.39, 0.29) is 23.8 Å². The first kappa shape index (κ1) is 25.6. The van der Waals surface area contributed by atoms with E-state index in [4.69, 9.17) is 16.3 Å². The molecule has 1 N–H and O–H groups in total. The highest BCUT2D eigenvalue weighted by molar-refractivity contribution is 6.33. The molecule has 0 radical (unpaired) electrons. The number of benzene rings is 3. The van der Waals surface area contributed by atoms with Crippen LogP contribution in [0.2, 0.25) is 5.02 Å². The molecular formula is C32H33ClN4O3. The summed E-state index contributed by atoms with van der Waals surface area (Å²) < 4.78 is 5.34. The Morgan fingerprint density at radius 1 is 0.875 bits per heavy atom. The SMILES string of the molecule is O=C(Nc1ccc(N2CCN(C3c4ccccc4C(=O)N(C4CC4)c4ccccc43)CC2)c(Cl)c1)C1CCOC1. The monoisotopic (exact) mass is 556 g/mol. The number of anilines is 3. The first-order valence-electron chi connectivity index (χ1n) is 14.3. The number of carbonyl (C=O) groups is 2. The van der Waals surface area contributed by atoms with Crippen LogP contribution in [0.1, 0.15) is 46.8 Å². The molecule has 0 bridgehead atoms. The number of fused-ring (bicyclic) bond motifs is 2. The number of nitrogens with zero attached hydrogens (tertiary/aromatic N) is 3. The molecule has 2 saturated heterocycles. The summed E-state index contributed by atoms with van der Waals surface area (Å²) >= 11 is 6.74. The van der Waals surface area contributed by atoms with Gasteiger partial charge in [0.1, 0.15) is 0 Å². The molecule has 7 nitrogen and oxygen atoms in total. The van der Waals surface area contributed by atoms with E-state index in [0.29, 0.717) is 30.0 Å². The molecule has 2 amide bonds. The van der Waals surface area contributed by atoms with Crippen LogP contribution in [-0.2, 0) is 9.53 Å². The molecule has 2 unspecified atom stereocenters. The van der Waals surface area contributed by atoms with E-state index in [2.05, 4.69) is 39.4 Å². The molecule has 206 valence electrons. The maximum absolute atomic E-state index is 13.8. The van der Waals surface area contributed by atoms with Crippen LogP contribution in [0.25, 0.3) is 0 Å². The van der Waals surface area contributed by atoms with Gasteiger partial charge >= 0.3 is 0 Å². The third-order valence-electron chi connectivity index (χ3n) is 8.64. The van der Waals surface area contributed by atoms with Crippen LogP contribution in [0.5, 0.6) is 0 Å². The Balaban J connectivity index is 1.12. The first-order valence-corrected chi connectivity index (χ1v) is 14.6. The summed E-state index contributed by atoms with van der Waals surface area (Å²) in [5.74, 6) is 0.00107. The second kappa shape index (κ2) is 10.5. The van der Waals surface area contributed by atoms with Crippen molar-refractivity contribution in [3.63, 3.8) is 0 Å². The van der Waals surface area contributed by atoms with Gasteiger partial charge in [0.25, 0.3) is 5.91 Å². The second-order valence-electron chi connectivity index (χ2n) is 11.2. The van der Waals surface area contributed by atoms with Crippen molar-refractivity contribution in [1.29, 1.82) is 0 Å². The van der Waals surface area contributed by atoms with E-state index in [0.717, 1.165) is 67.9 Å². The Hall–Kier alpha value is -3.39. The molecule has 1 saturated carbocycles. The van der Waals surface area contributed by atoms with E-state index in [9.17, 15) is 9.59 Å². The lowest BCUT2D eigenvalue weighted by Gasteiger charge is -2.41. The molecule has 0 spiro atoms. The lowest BCUT2D eigenvalue weighted by molar-refractivity contribution is -0.119. The number of carbonyl (C=O) groups excluding carboxylic acids is 2. The highest BCUT2D eigenvalue weighted by Gasteiger charge is 2.41. The zero-order valence-electron chi connectivity index (χ0n) is 22.4. The standard InChI is InChI=1S/C32H33ClN4O3/c33-27-19-22(34-31(38)21-13-18-40-20-21)9-12-29(27)35-14-16-36(17-15-35)30-24-5-1-2-6-25(24)32(39)37(23-10-11-23)28-8-4-3-7-26(28)30/h1-9,12,19,21,23,30H,10-11,13-18,20H2,(H,34,38). The summed E-state index contributed by atoms with van der Waals surface area (Å²) in [6, 6.07) is 22.6. The lowest BCUT2D eigenvalue weighted by atomic mass is 9.93. The number of hydrogen-bond acceptors (Lipinski definition) is 5. The van der Waals surface area contributed by atoms with Crippen LogP contribution in [0.4, 0.5) is 17.1 Å². The van der Waals surface area contributed by atoms with Gasteiger partial charge < -0.3 is 19.9 Å². The summed E-state index contributed by atoms with van der Waals surface area (Å²) in [4.78, 5) is 33.2. The number of amides is 2. The van der Waals surface area contributed by atoms with Crippen molar-refractivity contribution in [1.82, 2.24) is 4.90 Å². The molecule has 3 heterocycles. The van der Waals surface area contributed by atoms with Crippen molar-refractivity contribution in [3.05, 3.63) is 88.4 Å². The zero-order chi connectivity index (χ0) is 27.2. The van der Waals surface area contributed by atoms with Gasteiger partial charge in [-0.25, -0.2) is 0 Å². The van der Waals surface area contributed by atoms with Crippen molar-refractivity contribution in [2.24, 2.45) is 5.92 Å². The van der Waals surface area contributed by atoms with Gasteiger partial charge in [-0.15, -0.1) is 0 Å². The topological polar surface area (TPSA) is 65.1 Å². The average molecular weight is 557 g/mol. The lowest BCUT2D eigenvalue weighted by Crippen LogP contribution is -2.48. The van der Waals surface area contributed by atoms with E-state index in [1.54, 1.807) is 0 Å². The fourth-order valence-corrected chi connectivity index (χ4v) is 6.71. The predicted molar refractivity (Wildman–Crippen MR) is 157 cm³/mol. The summed E-state index contributed by atoms with van der Waals surface area (Å²) in [6.07, 6.45) is 2.87. The summed E-state index contributed by atoms with van der Waals surface area (Å²) in [6.45, 7) is 4.41. The molecule has 3 fully saturated rings. The third-order valence-corrected chi connectivity index (χ3v) is 8.95. The molecule has 0 aromatic heterocycles. The molecule has 3 aromatic rings. The van der Waals surface area contributed by atoms with Gasteiger partial charge in [0, 0.05) is 55.8 Å². The molecule has 3 aromatic carbocycles. The minimum Gasteiger partial charge on any atom is -0.381 e. The van der Waals surface area contributed by atoms with Gasteiger partial charge in [-0.05, 0) is 60.7 Å². The number of rotatable bonds is 5. The van der Waals surface area contributed by atoms with E-state index >= 15 is 0 Å².